The zero-order valence-corrected chi connectivity index (χ0v) is 17.4. The van der Waals surface area contributed by atoms with Crippen LogP contribution in [0.25, 0.3) is 5.69 Å². The second-order valence-corrected chi connectivity index (χ2v) is 9.26. The second-order valence-electron chi connectivity index (χ2n) is 5.59. The van der Waals surface area contributed by atoms with Crippen LogP contribution in [0, 0.1) is 0 Å². The Balaban J connectivity index is 1.63. The summed E-state index contributed by atoms with van der Waals surface area (Å²) in [4.78, 5) is 12.2. The average Bonchev–Trinajstić information content (AvgIpc) is 3.27. The Morgan fingerprint density at radius 2 is 1.96 bits per heavy atom. The normalized spacial score (nSPS) is 11.4. The van der Waals surface area contributed by atoms with Crippen LogP contribution in [0.1, 0.15) is 12.5 Å². The highest BCUT2D eigenvalue weighted by atomic mass is 32.2. The molecule has 28 heavy (non-hydrogen) atoms. The summed E-state index contributed by atoms with van der Waals surface area (Å²) in [5.41, 5.74) is 2.12. The molecule has 2 N–H and O–H groups in total. The number of nitrogens with zero attached hydrogens (tertiary/aromatic N) is 5. The lowest BCUT2D eigenvalue weighted by atomic mass is 10.1. The van der Waals surface area contributed by atoms with Crippen molar-refractivity contribution < 1.29 is 13.2 Å². The molecule has 0 atom stereocenters. The summed E-state index contributed by atoms with van der Waals surface area (Å²) in [6.45, 7) is 2.07. The summed E-state index contributed by atoms with van der Waals surface area (Å²) in [6, 6.07) is 7.92. The molecule has 1 aromatic carbocycles. The van der Waals surface area contributed by atoms with Gasteiger partial charge in [-0.05, 0) is 18.1 Å². The lowest BCUT2D eigenvalue weighted by molar-refractivity contribution is -0.113. The summed E-state index contributed by atoms with van der Waals surface area (Å²) in [7, 11) is -3.45. The van der Waals surface area contributed by atoms with Crippen molar-refractivity contribution in [1.82, 2.24) is 25.0 Å². The molecule has 2 heterocycles. The summed E-state index contributed by atoms with van der Waals surface area (Å²) in [5, 5.41) is 18.9. The molecule has 0 saturated heterocycles. The molecule has 0 aliphatic rings. The molecule has 13 heteroatoms. The number of hydrogen-bond donors (Lipinski definition) is 2. The van der Waals surface area contributed by atoms with Gasteiger partial charge in [-0.3, -0.25) is 19.4 Å². The molecule has 0 unspecified atom stereocenters. The highest BCUT2D eigenvalue weighted by molar-refractivity contribution is 7.99. The van der Waals surface area contributed by atoms with E-state index in [0.717, 1.165) is 35.3 Å². The van der Waals surface area contributed by atoms with Crippen LogP contribution in [0.15, 0.2) is 35.7 Å². The number of anilines is 2. The third-order valence-corrected chi connectivity index (χ3v) is 5.82. The second kappa shape index (κ2) is 8.67. The third kappa shape index (κ3) is 5.27. The van der Waals surface area contributed by atoms with Crippen LogP contribution in [0.2, 0.25) is 0 Å². The molecule has 3 rings (SSSR count). The Bertz CT molecular complexity index is 1080. The van der Waals surface area contributed by atoms with E-state index in [0.29, 0.717) is 5.16 Å². The first-order valence-corrected chi connectivity index (χ1v) is 11.8. The molecule has 0 fully saturated rings. The quantitative estimate of drug-likeness (QED) is 0.508. The number of carbonyl (C=O) groups is 1. The van der Waals surface area contributed by atoms with Gasteiger partial charge in [-0.25, -0.2) is 8.42 Å². The van der Waals surface area contributed by atoms with Gasteiger partial charge in [0, 0.05) is 0 Å². The van der Waals surface area contributed by atoms with E-state index < -0.39 is 10.0 Å². The number of para-hydroxylation sites is 1. The number of sulfonamides is 1. The Kier molecular flexibility index (Phi) is 6.26. The molecule has 0 aliphatic carbocycles. The zero-order valence-electron chi connectivity index (χ0n) is 15.0. The van der Waals surface area contributed by atoms with Gasteiger partial charge in [0.15, 0.2) is 5.16 Å². The topological polar surface area (TPSA) is 132 Å². The Morgan fingerprint density at radius 3 is 2.71 bits per heavy atom. The molecule has 1 amide bonds. The van der Waals surface area contributed by atoms with Crippen LogP contribution < -0.4 is 10.0 Å². The maximum Gasteiger partial charge on any atom is 0.236 e. The van der Waals surface area contributed by atoms with Crippen molar-refractivity contribution >= 4 is 49.3 Å². The van der Waals surface area contributed by atoms with Gasteiger partial charge in [-0.2, -0.15) is 0 Å². The van der Waals surface area contributed by atoms with Gasteiger partial charge in [0.2, 0.25) is 26.2 Å². The Labute approximate surface area is 169 Å². The number of amides is 1. The maximum atomic E-state index is 12.2. The van der Waals surface area contributed by atoms with Crippen LogP contribution in [-0.4, -0.2) is 51.3 Å². The largest absolute Gasteiger partial charge is 0.300 e. The summed E-state index contributed by atoms with van der Waals surface area (Å²) in [5.74, 6) is -0.230. The minimum Gasteiger partial charge on any atom is -0.300 e. The van der Waals surface area contributed by atoms with Crippen LogP contribution in [0.5, 0.6) is 0 Å². The molecule has 3 aromatic rings. The van der Waals surface area contributed by atoms with Crippen molar-refractivity contribution in [2.75, 3.05) is 22.0 Å². The number of rotatable bonds is 8. The third-order valence-electron chi connectivity index (χ3n) is 3.42. The molecule has 10 nitrogen and oxygen atoms in total. The van der Waals surface area contributed by atoms with Crippen molar-refractivity contribution in [3.8, 4) is 5.69 Å². The number of carbonyl (C=O) groups excluding carboxylic acids is 1. The van der Waals surface area contributed by atoms with Crippen molar-refractivity contribution in [2.45, 2.75) is 18.5 Å². The predicted molar refractivity (Wildman–Crippen MR) is 108 cm³/mol. The van der Waals surface area contributed by atoms with E-state index in [1.54, 1.807) is 6.33 Å². The van der Waals surface area contributed by atoms with Gasteiger partial charge in [0.1, 0.15) is 6.33 Å². The standard InChI is InChI=1S/C15H17N7O3S3/c1-3-10-6-4-5-7-11(10)22-9-16-20-15(22)26-8-12(23)17-13-18-19-14(27-13)21-28(2,24)25/h4-7,9H,3,8H2,1-2H3,(H,19,21)(H,17,18,23). The van der Waals surface area contributed by atoms with Crippen LogP contribution in [0.3, 0.4) is 0 Å². The van der Waals surface area contributed by atoms with Gasteiger partial charge >= 0.3 is 0 Å². The van der Waals surface area contributed by atoms with Crippen LogP contribution in [-0.2, 0) is 21.2 Å². The number of benzene rings is 1. The monoisotopic (exact) mass is 439 g/mol. The van der Waals surface area contributed by atoms with Gasteiger partial charge in [0.25, 0.3) is 0 Å². The molecule has 148 valence electrons. The van der Waals surface area contributed by atoms with Crippen LogP contribution in [0.4, 0.5) is 10.3 Å². The first-order chi connectivity index (χ1) is 13.4. The SMILES string of the molecule is CCc1ccccc1-n1cnnc1SCC(=O)Nc1nnc(NS(C)(=O)=O)s1. The fraction of sp³-hybridized carbons (Fsp3) is 0.267. The van der Waals surface area contributed by atoms with Crippen molar-refractivity contribution in [2.24, 2.45) is 0 Å². The van der Waals surface area contributed by atoms with Crippen molar-refractivity contribution in [3.05, 3.63) is 36.2 Å². The highest BCUT2D eigenvalue weighted by Crippen LogP contribution is 2.24. The molecular formula is C15H17N7O3S3. The smallest absolute Gasteiger partial charge is 0.236 e. The van der Waals surface area contributed by atoms with Crippen molar-refractivity contribution in [3.63, 3.8) is 0 Å². The molecule has 0 bridgehead atoms. The molecule has 0 spiro atoms. The minimum absolute atomic E-state index is 0.0846. The fourth-order valence-corrected chi connectivity index (χ4v) is 4.50. The molecule has 0 radical (unpaired) electrons. The van der Waals surface area contributed by atoms with E-state index in [2.05, 4.69) is 37.4 Å². The van der Waals surface area contributed by atoms with E-state index >= 15 is 0 Å². The molecule has 0 aliphatic heterocycles. The molecule has 2 aromatic heterocycles. The number of aromatic nitrogens is 5. The van der Waals surface area contributed by atoms with Gasteiger partial charge < -0.3 is 0 Å². The Morgan fingerprint density at radius 1 is 1.21 bits per heavy atom. The van der Waals surface area contributed by atoms with E-state index in [-0.39, 0.29) is 21.9 Å². The van der Waals surface area contributed by atoms with E-state index in [1.807, 2.05) is 28.8 Å². The van der Waals surface area contributed by atoms with E-state index in [1.165, 1.54) is 11.8 Å². The molecular weight excluding hydrogens is 422 g/mol. The maximum absolute atomic E-state index is 12.2. The summed E-state index contributed by atoms with van der Waals surface area (Å²) >= 11 is 2.16. The minimum atomic E-state index is -3.45. The number of thioether (sulfide) groups is 1. The van der Waals surface area contributed by atoms with Gasteiger partial charge in [-0.1, -0.05) is 48.2 Å². The highest BCUT2D eigenvalue weighted by Gasteiger charge is 2.14. The average molecular weight is 440 g/mol. The lowest BCUT2D eigenvalue weighted by Gasteiger charge is -2.10. The van der Waals surface area contributed by atoms with E-state index in [4.69, 9.17) is 0 Å². The number of nitrogens with one attached hydrogen (secondary N) is 2. The number of aryl methyl sites for hydroxylation is 1. The zero-order chi connectivity index (χ0) is 20.1. The number of hydrogen-bond acceptors (Lipinski definition) is 9. The Hall–Kier alpha value is -2.51. The summed E-state index contributed by atoms with van der Waals surface area (Å²) < 4.78 is 26.4. The van der Waals surface area contributed by atoms with Crippen molar-refractivity contribution in [1.29, 1.82) is 0 Å². The van der Waals surface area contributed by atoms with Gasteiger partial charge in [0.05, 0.1) is 17.7 Å². The summed E-state index contributed by atoms with van der Waals surface area (Å²) in [6.07, 6.45) is 3.48. The van der Waals surface area contributed by atoms with E-state index in [9.17, 15) is 13.2 Å². The predicted octanol–water partition coefficient (Wildman–Crippen LogP) is 1.78. The molecule has 0 saturated carbocycles. The fourth-order valence-electron chi connectivity index (χ4n) is 2.29. The lowest BCUT2D eigenvalue weighted by Crippen LogP contribution is -2.14. The first-order valence-electron chi connectivity index (χ1n) is 8.08. The van der Waals surface area contributed by atoms with Crippen LogP contribution >= 0.6 is 23.1 Å². The van der Waals surface area contributed by atoms with Gasteiger partial charge in [-0.15, -0.1) is 20.4 Å². The first kappa shape index (κ1) is 20.2.